The van der Waals surface area contributed by atoms with Crippen LogP contribution in [0.1, 0.15) is 24.4 Å². The van der Waals surface area contributed by atoms with Crippen molar-refractivity contribution >= 4 is 22.7 Å². The van der Waals surface area contributed by atoms with Crippen molar-refractivity contribution in [1.29, 1.82) is 5.26 Å². The number of hydrogen-bond acceptors (Lipinski definition) is 6. The van der Waals surface area contributed by atoms with Gasteiger partial charge in [-0.15, -0.1) is 0 Å². The summed E-state index contributed by atoms with van der Waals surface area (Å²) in [6.07, 6.45) is 1.25. The highest BCUT2D eigenvalue weighted by Crippen LogP contribution is 2.29. The number of nitrogens with one attached hydrogen (secondary N) is 1. The van der Waals surface area contributed by atoms with Crippen LogP contribution in [0.15, 0.2) is 48.8 Å². The van der Waals surface area contributed by atoms with E-state index in [0.717, 1.165) is 0 Å². The predicted octanol–water partition coefficient (Wildman–Crippen LogP) is 3.72. The topological polar surface area (TPSA) is 105 Å². The highest BCUT2D eigenvalue weighted by atomic mass is 19.1. The Balaban J connectivity index is 1.85. The van der Waals surface area contributed by atoms with Gasteiger partial charge in [0.1, 0.15) is 47.1 Å². The number of benzene rings is 2. The average molecular weight is 391 g/mol. The summed E-state index contributed by atoms with van der Waals surface area (Å²) in [5.41, 5.74) is 7.59. The van der Waals surface area contributed by atoms with Gasteiger partial charge in [-0.2, -0.15) is 5.26 Å². The number of anilines is 2. The molecule has 2 heterocycles. The van der Waals surface area contributed by atoms with Gasteiger partial charge in [-0.3, -0.25) is 4.57 Å². The maximum absolute atomic E-state index is 13.9. The van der Waals surface area contributed by atoms with Gasteiger partial charge in [0, 0.05) is 11.8 Å². The molecule has 4 aromatic rings. The Labute approximate surface area is 164 Å². The number of nitrogens with zero attached hydrogens (tertiary/aromatic N) is 5. The highest BCUT2D eigenvalue weighted by Gasteiger charge is 2.20. The van der Waals surface area contributed by atoms with E-state index in [2.05, 4.69) is 20.3 Å². The van der Waals surface area contributed by atoms with Gasteiger partial charge in [0.05, 0.1) is 17.1 Å². The Morgan fingerprint density at radius 2 is 1.83 bits per heavy atom. The van der Waals surface area contributed by atoms with E-state index in [0.29, 0.717) is 22.5 Å². The smallest absolute Gasteiger partial charge is 0.150 e. The molecule has 0 saturated heterocycles. The number of nitriles is 1. The van der Waals surface area contributed by atoms with Crippen LogP contribution < -0.4 is 11.1 Å². The molecule has 0 radical (unpaired) electrons. The molecule has 29 heavy (non-hydrogen) atoms. The zero-order valence-corrected chi connectivity index (χ0v) is 15.3. The van der Waals surface area contributed by atoms with E-state index < -0.39 is 11.9 Å². The lowest BCUT2D eigenvalue weighted by Crippen LogP contribution is -2.15. The van der Waals surface area contributed by atoms with Crippen molar-refractivity contribution in [3.8, 4) is 11.8 Å². The maximum atomic E-state index is 13.9. The third-order valence-corrected chi connectivity index (χ3v) is 4.46. The first kappa shape index (κ1) is 18.3. The minimum absolute atomic E-state index is 0.0614. The first-order valence-corrected chi connectivity index (χ1v) is 8.69. The summed E-state index contributed by atoms with van der Waals surface area (Å²) in [4.78, 5) is 12.5. The number of aromatic nitrogens is 4. The van der Waals surface area contributed by atoms with Crippen molar-refractivity contribution in [2.45, 2.75) is 13.0 Å². The quantitative estimate of drug-likeness (QED) is 0.549. The van der Waals surface area contributed by atoms with Crippen LogP contribution in [0.3, 0.4) is 0 Å². The Morgan fingerprint density at radius 1 is 1.10 bits per heavy atom. The zero-order chi connectivity index (χ0) is 20.5. The Bertz CT molecular complexity index is 1240. The SMILES string of the molecule is C[C@H](Nc1ncnc(N)c1C#N)c1nc2ccc(F)cc2n1-c1ccc(F)cc1. The lowest BCUT2D eigenvalue weighted by molar-refractivity contribution is 0.626. The van der Waals surface area contributed by atoms with Crippen LogP contribution in [0, 0.1) is 23.0 Å². The molecule has 0 saturated carbocycles. The summed E-state index contributed by atoms with van der Waals surface area (Å²) in [5, 5.41) is 12.4. The number of fused-ring (bicyclic) bond motifs is 1. The van der Waals surface area contributed by atoms with Crippen molar-refractivity contribution in [2.24, 2.45) is 0 Å². The standard InChI is InChI=1S/C20H15F2N7/c1-11(27-19-15(9-23)18(24)25-10-26-19)20-28-16-7-4-13(22)8-17(16)29(20)14-5-2-12(21)3-6-14/h2-8,10-11H,1H3,(H3,24,25,26,27)/t11-/m0/s1. The van der Waals surface area contributed by atoms with Crippen LogP contribution in [0.5, 0.6) is 0 Å². The van der Waals surface area contributed by atoms with Gasteiger partial charge in [0.15, 0.2) is 0 Å². The van der Waals surface area contributed by atoms with Crippen LogP contribution in [-0.4, -0.2) is 19.5 Å². The van der Waals surface area contributed by atoms with Crippen molar-refractivity contribution < 1.29 is 8.78 Å². The van der Waals surface area contributed by atoms with E-state index in [1.54, 1.807) is 22.8 Å². The molecule has 9 heteroatoms. The van der Waals surface area contributed by atoms with Gasteiger partial charge < -0.3 is 11.1 Å². The summed E-state index contributed by atoms with van der Waals surface area (Å²) in [6, 6.07) is 11.6. The van der Waals surface area contributed by atoms with E-state index in [4.69, 9.17) is 5.73 Å². The van der Waals surface area contributed by atoms with Gasteiger partial charge in [-0.05, 0) is 43.3 Å². The average Bonchev–Trinajstić information content (AvgIpc) is 3.07. The number of imidazole rings is 1. The third-order valence-electron chi connectivity index (χ3n) is 4.46. The van der Waals surface area contributed by atoms with E-state index in [9.17, 15) is 14.0 Å². The maximum Gasteiger partial charge on any atom is 0.150 e. The Morgan fingerprint density at radius 3 is 2.55 bits per heavy atom. The fourth-order valence-electron chi connectivity index (χ4n) is 3.11. The fraction of sp³-hybridized carbons (Fsp3) is 0.100. The molecular formula is C20H15F2N7. The summed E-state index contributed by atoms with van der Waals surface area (Å²) in [5.74, 6) is 0.0523. The lowest BCUT2D eigenvalue weighted by atomic mass is 10.2. The summed E-state index contributed by atoms with van der Waals surface area (Å²) >= 11 is 0. The second-order valence-electron chi connectivity index (χ2n) is 6.38. The number of nitrogen functional groups attached to an aromatic ring is 1. The molecule has 0 aliphatic heterocycles. The number of hydrogen-bond donors (Lipinski definition) is 2. The molecule has 3 N–H and O–H groups in total. The molecule has 0 spiro atoms. The molecule has 1 atom stereocenters. The van der Waals surface area contributed by atoms with E-state index in [1.165, 1.54) is 30.6 Å². The molecule has 144 valence electrons. The van der Waals surface area contributed by atoms with Gasteiger partial charge in [-0.1, -0.05) is 0 Å². The molecule has 2 aromatic heterocycles. The van der Waals surface area contributed by atoms with E-state index >= 15 is 0 Å². The molecule has 4 rings (SSSR count). The molecule has 0 aliphatic carbocycles. The molecular weight excluding hydrogens is 376 g/mol. The van der Waals surface area contributed by atoms with Crippen LogP contribution in [0.4, 0.5) is 20.4 Å². The molecule has 0 fully saturated rings. The fourth-order valence-corrected chi connectivity index (χ4v) is 3.11. The minimum atomic E-state index is -0.447. The lowest BCUT2D eigenvalue weighted by Gasteiger charge is -2.17. The molecule has 0 bridgehead atoms. The summed E-state index contributed by atoms with van der Waals surface area (Å²) in [7, 11) is 0. The van der Waals surface area contributed by atoms with E-state index in [-0.39, 0.29) is 23.0 Å². The molecule has 2 aromatic carbocycles. The molecule has 7 nitrogen and oxygen atoms in total. The summed E-state index contributed by atoms with van der Waals surface area (Å²) in [6.45, 7) is 1.82. The first-order valence-electron chi connectivity index (χ1n) is 8.69. The van der Waals surface area contributed by atoms with Crippen LogP contribution in [-0.2, 0) is 0 Å². The van der Waals surface area contributed by atoms with Gasteiger partial charge in [0.2, 0.25) is 0 Å². The normalized spacial score (nSPS) is 11.9. The molecule has 0 amide bonds. The largest absolute Gasteiger partial charge is 0.382 e. The van der Waals surface area contributed by atoms with Gasteiger partial charge >= 0.3 is 0 Å². The molecule has 0 aliphatic rings. The minimum Gasteiger partial charge on any atom is -0.382 e. The first-order chi connectivity index (χ1) is 14.0. The number of rotatable bonds is 4. The van der Waals surface area contributed by atoms with Gasteiger partial charge in [-0.25, -0.2) is 23.7 Å². The summed E-state index contributed by atoms with van der Waals surface area (Å²) < 4.78 is 29.1. The second-order valence-corrected chi connectivity index (χ2v) is 6.38. The van der Waals surface area contributed by atoms with Crippen LogP contribution >= 0.6 is 0 Å². The highest BCUT2D eigenvalue weighted by molar-refractivity contribution is 5.78. The monoisotopic (exact) mass is 391 g/mol. The zero-order valence-electron chi connectivity index (χ0n) is 15.3. The van der Waals surface area contributed by atoms with Crippen molar-refractivity contribution in [3.63, 3.8) is 0 Å². The van der Waals surface area contributed by atoms with Crippen LogP contribution in [0.25, 0.3) is 16.7 Å². The Hall–Kier alpha value is -4.06. The number of halogens is 2. The van der Waals surface area contributed by atoms with Crippen molar-refractivity contribution in [1.82, 2.24) is 19.5 Å². The third kappa shape index (κ3) is 3.32. The predicted molar refractivity (Wildman–Crippen MR) is 104 cm³/mol. The molecule has 0 unspecified atom stereocenters. The van der Waals surface area contributed by atoms with Gasteiger partial charge in [0.25, 0.3) is 0 Å². The van der Waals surface area contributed by atoms with E-state index in [1.807, 2.05) is 13.0 Å². The second kappa shape index (κ2) is 7.16. The van der Waals surface area contributed by atoms with Crippen molar-refractivity contribution in [2.75, 3.05) is 11.1 Å². The Kier molecular flexibility index (Phi) is 4.52. The number of nitrogens with two attached hydrogens (primary N) is 1. The van der Waals surface area contributed by atoms with Crippen LogP contribution in [0.2, 0.25) is 0 Å². The van der Waals surface area contributed by atoms with Crippen molar-refractivity contribution in [3.05, 3.63) is 71.8 Å².